The van der Waals surface area contributed by atoms with Crippen LogP contribution in [0, 0.1) is 6.92 Å². The molecule has 5 nitrogen and oxygen atoms in total. The van der Waals surface area contributed by atoms with E-state index in [-0.39, 0.29) is 6.61 Å². The average Bonchev–Trinajstić information content (AvgIpc) is 3.08. The van der Waals surface area contributed by atoms with Gasteiger partial charge in [0.2, 0.25) is 0 Å². The fraction of sp³-hybridized carbons (Fsp3) is 0.176. The SMILES string of the molecule is Cc1nc2cc(-c3cn4cccc(CO)c4n3)ccc2n1C. The Balaban J connectivity index is 1.91. The van der Waals surface area contributed by atoms with Gasteiger partial charge in [-0.2, -0.15) is 0 Å². The van der Waals surface area contributed by atoms with Gasteiger partial charge in [-0.3, -0.25) is 0 Å². The number of pyridine rings is 1. The summed E-state index contributed by atoms with van der Waals surface area (Å²) in [6, 6.07) is 9.99. The monoisotopic (exact) mass is 292 g/mol. The summed E-state index contributed by atoms with van der Waals surface area (Å²) in [5, 5.41) is 9.42. The van der Waals surface area contributed by atoms with Crippen molar-refractivity contribution in [1.29, 1.82) is 0 Å². The van der Waals surface area contributed by atoms with Crippen molar-refractivity contribution in [2.45, 2.75) is 13.5 Å². The van der Waals surface area contributed by atoms with Crippen LogP contribution in [0.25, 0.3) is 27.9 Å². The van der Waals surface area contributed by atoms with E-state index in [9.17, 15) is 5.11 Å². The molecule has 0 bridgehead atoms. The molecule has 0 spiro atoms. The van der Waals surface area contributed by atoms with Crippen LogP contribution in [0.4, 0.5) is 0 Å². The maximum absolute atomic E-state index is 9.42. The van der Waals surface area contributed by atoms with Gasteiger partial charge >= 0.3 is 0 Å². The lowest BCUT2D eigenvalue weighted by Crippen LogP contribution is -1.90. The Bertz CT molecular complexity index is 997. The van der Waals surface area contributed by atoms with Crippen LogP contribution in [-0.2, 0) is 13.7 Å². The molecule has 4 aromatic rings. The van der Waals surface area contributed by atoms with E-state index >= 15 is 0 Å². The molecule has 3 aromatic heterocycles. The molecule has 110 valence electrons. The van der Waals surface area contributed by atoms with Crippen molar-refractivity contribution in [3.63, 3.8) is 0 Å². The van der Waals surface area contributed by atoms with E-state index in [1.165, 1.54) is 0 Å². The quantitative estimate of drug-likeness (QED) is 0.618. The normalized spacial score (nSPS) is 11.6. The van der Waals surface area contributed by atoms with Gasteiger partial charge in [0.1, 0.15) is 11.5 Å². The van der Waals surface area contributed by atoms with Crippen molar-refractivity contribution in [2.24, 2.45) is 7.05 Å². The lowest BCUT2D eigenvalue weighted by Gasteiger charge is -1.98. The molecule has 1 N–H and O–H groups in total. The number of hydrogen-bond donors (Lipinski definition) is 1. The summed E-state index contributed by atoms with van der Waals surface area (Å²) in [5.74, 6) is 0.990. The largest absolute Gasteiger partial charge is 0.392 e. The van der Waals surface area contributed by atoms with E-state index < -0.39 is 0 Å². The third kappa shape index (κ3) is 1.83. The summed E-state index contributed by atoms with van der Waals surface area (Å²) >= 11 is 0. The Morgan fingerprint density at radius 3 is 2.86 bits per heavy atom. The molecule has 0 unspecified atom stereocenters. The first-order valence-corrected chi connectivity index (χ1v) is 7.18. The van der Waals surface area contributed by atoms with Crippen molar-refractivity contribution in [1.82, 2.24) is 18.9 Å². The van der Waals surface area contributed by atoms with Gasteiger partial charge < -0.3 is 14.1 Å². The molecule has 0 aliphatic rings. The third-order valence-corrected chi connectivity index (χ3v) is 4.13. The second kappa shape index (κ2) is 4.68. The zero-order chi connectivity index (χ0) is 15.3. The van der Waals surface area contributed by atoms with E-state index in [2.05, 4.69) is 32.7 Å². The lowest BCUT2D eigenvalue weighted by molar-refractivity contribution is 0.282. The summed E-state index contributed by atoms with van der Waals surface area (Å²) in [7, 11) is 2.02. The Hall–Kier alpha value is -2.66. The summed E-state index contributed by atoms with van der Waals surface area (Å²) in [4.78, 5) is 9.23. The molecule has 0 fully saturated rings. The van der Waals surface area contributed by atoms with Gasteiger partial charge in [0, 0.05) is 30.6 Å². The van der Waals surface area contributed by atoms with Crippen LogP contribution in [0.15, 0.2) is 42.7 Å². The predicted molar refractivity (Wildman–Crippen MR) is 85.6 cm³/mol. The fourth-order valence-electron chi connectivity index (χ4n) is 2.81. The molecule has 0 aliphatic carbocycles. The summed E-state index contributed by atoms with van der Waals surface area (Å²) < 4.78 is 4.02. The van der Waals surface area contributed by atoms with E-state index in [4.69, 9.17) is 0 Å². The molecular weight excluding hydrogens is 276 g/mol. The van der Waals surface area contributed by atoms with Crippen LogP contribution in [0.1, 0.15) is 11.4 Å². The molecule has 5 heteroatoms. The third-order valence-electron chi connectivity index (χ3n) is 4.13. The standard InChI is InChI=1S/C17H16N4O/c1-11-18-14-8-12(5-6-16(14)20(11)2)15-9-21-7-3-4-13(10-22)17(21)19-15/h3-9,22H,10H2,1-2H3. The van der Waals surface area contributed by atoms with E-state index in [1.807, 2.05) is 42.9 Å². The Kier molecular flexibility index (Phi) is 2.77. The van der Waals surface area contributed by atoms with Crippen LogP contribution in [0.2, 0.25) is 0 Å². The summed E-state index contributed by atoms with van der Waals surface area (Å²) in [5.41, 5.74) is 5.60. The Labute approximate surface area is 127 Å². The highest BCUT2D eigenvalue weighted by atomic mass is 16.3. The number of aliphatic hydroxyl groups is 1. The minimum absolute atomic E-state index is 0.0146. The molecule has 0 atom stereocenters. The topological polar surface area (TPSA) is 55.4 Å². The minimum Gasteiger partial charge on any atom is -0.392 e. The van der Waals surface area contributed by atoms with Crippen LogP contribution < -0.4 is 0 Å². The highest BCUT2D eigenvalue weighted by Crippen LogP contribution is 2.25. The van der Waals surface area contributed by atoms with Gasteiger partial charge in [0.05, 0.1) is 23.3 Å². The van der Waals surface area contributed by atoms with Crippen molar-refractivity contribution < 1.29 is 5.11 Å². The fourth-order valence-corrected chi connectivity index (χ4v) is 2.81. The van der Waals surface area contributed by atoms with E-state index in [0.29, 0.717) is 0 Å². The zero-order valence-electron chi connectivity index (χ0n) is 12.5. The molecule has 0 saturated heterocycles. The first-order valence-electron chi connectivity index (χ1n) is 7.18. The van der Waals surface area contributed by atoms with Crippen LogP contribution in [-0.4, -0.2) is 24.0 Å². The lowest BCUT2D eigenvalue weighted by atomic mass is 10.1. The van der Waals surface area contributed by atoms with Gasteiger partial charge in [-0.15, -0.1) is 0 Å². The van der Waals surface area contributed by atoms with Gasteiger partial charge in [-0.1, -0.05) is 12.1 Å². The van der Waals surface area contributed by atoms with E-state index in [0.717, 1.165) is 39.3 Å². The second-order valence-corrected chi connectivity index (χ2v) is 5.47. The molecule has 3 heterocycles. The van der Waals surface area contributed by atoms with Crippen LogP contribution in [0.3, 0.4) is 0 Å². The molecular formula is C17H16N4O. The molecule has 0 radical (unpaired) electrons. The number of imidazole rings is 2. The predicted octanol–water partition coefficient (Wildman–Crippen LogP) is 2.69. The molecule has 0 amide bonds. The van der Waals surface area contributed by atoms with Gasteiger partial charge in [-0.05, 0) is 25.1 Å². The van der Waals surface area contributed by atoms with Gasteiger partial charge in [0.15, 0.2) is 0 Å². The number of aromatic nitrogens is 4. The number of hydrogen-bond acceptors (Lipinski definition) is 3. The maximum atomic E-state index is 9.42. The van der Waals surface area contributed by atoms with Crippen LogP contribution in [0.5, 0.6) is 0 Å². The highest BCUT2D eigenvalue weighted by Gasteiger charge is 2.10. The minimum atomic E-state index is -0.0146. The van der Waals surface area contributed by atoms with Crippen molar-refractivity contribution in [3.05, 3.63) is 54.1 Å². The smallest absolute Gasteiger partial charge is 0.142 e. The van der Waals surface area contributed by atoms with Crippen molar-refractivity contribution in [2.75, 3.05) is 0 Å². The Morgan fingerprint density at radius 2 is 2.05 bits per heavy atom. The number of nitrogens with zero attached hydrogens (tertiary/aromatic N) is 4. The average molecular weight is 292 g/mol. The molecule has 22 heavy (non-hydrogen) atoms. The number of aliphatic hydroxyl groups excluding tert-OH is 1. The first-order chi connectivity index (χ1) is 10.7. The number of fused-ring (bicyclic) bond motifs is 2. The van der Waals surface area contributed by atoms with Gasteiger partial charge in [-0.25, -0.2) is 9.97 Å². The molecule has 0 aliphatic heterocycles. The second-order valence-electron chi connectivity index (χ2n) is 5.47. The molecule has 1 aromatic carbocycles. The number of rotatable bonds is 2. The van der Waals surface area contributed by atoms with Crippen LogP contribution >= 0.6 is 0 Å². The number of benzene rings is 1. The highest BCUT2D eigenvalue weighted by molar-refractivity contribution is 5.82. The van der Waals surface area contributed by atoms with Crippen molar-refractivity contribution in [3.8, 4) is 11.3 Å². The summed E-state index contributed by atoms with van der Waals surface area (Å²) in [6.45, 7) is 1.98. The van der Waals surface area contributed by atoms with Gasteiger partial charge in [0.25, 0.3) is 0 Å². The first kappa shape index (κ1) is 13.0. The Morgan fingerprint density at radius 1 is 1.18 bits per heavy atom. The van der Waals surface area contributed by atoms with Crippen molar-refractivity contribution >= 4 is 16.7 Å². The molecule has 4 rings (SSSR count). The number of aryl methyl sites for hydroxylation is 2. The zero-order valence-corrected chi connectivity index (χ0v) is 12.5. The molecule has 0 saturated carbocycles. The summed E-state index contributed by atoms with van der Waals surface area (Å²) in [6.07, 6.45) is 3.92. The van der Waals surface area contributed by atoms with E-state index in [1.54, 1.807) is 0 Å². The maximum Gasteiger partial charge on any atom is 0.142 e.